The van der Waals surface area contributed by atoms with E-state index in [0.717, 1.165) is 50.0 Å². The van der Waals surface area contributed by atoms with E-state index >= 15 is 0 Å². The lowest BCUT2D eigenvalue weighted by Gasteiger charge is -2.37. The van der Waals surface area contributed by atoms with Gasteiger partial charge in [0.05, 0.1) is 13.3 Å². The van der Waals surface area contributed by atoms with Gasteiger partial charge in [0.1, 0.15) is 5.75 Å². The Balaban J connectivity index is 1.54. The fourth-order valence-corrected chi connectivity index (χ4v) is 3.06. The summed E-state index contributed by atoms with van der Waals surface area (Å²) in [5, 5.41) is 7.62. The predicted octanol–water partition coefficient (Wildman–Crippen LogP) is 1.33. The number of aliphatic imine (C=N–C) groups is 1. The second-order valence-corrected chi connectivity index (χ2v) is 6.10. The van der Waals surface area contributed by atoms with Crippen molar-refractivity contribution in [3.05, 3.63) is 42.2 Å². The first-order valence-electron chi connectivity index (χ1n) is 8.51. The normalized spacial score (nSPS) is 15.4. The van der Waals surface area contributed by atoms with Crippen LogP contribution in [0.5, 0.6) is 5.75 Å². The minimum atomic E-state index is 0.733. The smallest absolute Gasteiger partial charge is 0.194 e. The molecule has 0 amide bonds. The maximum Gasteiger partial charge on any atom is 0.194 e. The van der Waals surface area contributed by atoms with Crippen LogP contribution in [-0.2, 0) is 13.6 Å². The molecule has 1 fully saturated rings. The summed E-state index contributed by atoms with van der Waals surface area (Å²) in [4.78, 5) is 9.11. The molecule has 3 rings (SSSR count). The molecule has 134 valence electrons. The van der Waals surface area contributed by atoms with E-state index in [0.29, 0.717) is 0 Å². The number of ether oxygens (including phenoxy) is 1. The second-order valence-electron chi connectivity index (χ2n) is 6.10. The van der Waals surface area contributed by atoms with Gasteiger partial charge in [0, 0.05) is 70.3 Å². The molecule has 1 aromatic carbocycles. The van der Waals surface area contributed by atoms with Crippen molar-refractivity contribution in [2.24, 2.45) is 12.0 Å². The highest BCUT2D eigenvalue weighted by Crippen LogP contribution is 2.22. The number of nitrogens with one attached hydrogen (secondary N) is 1. The lowest BCUT2D eigenvalue weighted by atomic mass is 10.2. The van der Waals surface area contributed by atoms with E-state index in [1.807, 2.05) is 43.3 Å². The third-order valence-electron chi connectivity index (χ3n) is 4.42. The van der Waals surface area contributed by atoms with Gasteiger partial charge in [-0.1, -0.05) is 6.07 Å². The Bertz CT molecular complexity index is 718. The van der Waals surface area contributed by atoms with Crippen LogP contribution in [0.3, 0.4) is 0 Å². The van der Waals surface area contributed by atoms with Gasteiger partial charge in [0.25, 0.3) is 0 Å². The van der Waals surface area contributed by atoms with Crippen LogP contribution in [-0.4, -0.2) is 61.0 Å². The number of anilines is 1. The average molecular weight is 342 g/mol. The molecule has 0 bridgehead atoms. The van der Waals surface area contributed by atoms with Crippen LogP contribution in [0.2, 0.25) is 0 Å². The number of aryl methyl sites for hydroxylation is 1. The maximum absolute atomic E-state index is 5.33. The molecular weight excluding hydrogens is 316 g/mol. The van der Waals surface area contributed by atoms with E-state index in [1.165, 1.54) is 5.69 Å². The first kappa shape index (κ1) is 17.1. The zero-order valence-corrected chi connectivity index (χ0v) is 15.1. The van der Waals surface area contributed by atoms with Crippen LogP contribution in [0, 0.1) is 0 Å². The number of methoxy groups -OCH3 is 1. The van der Waals surface area contributed by atoms with Crippen LogP contribution in [0.1, 0.15) is 5.56 Å². The molecule has 0 aliphatic carbocycles. The van der Waals surface area contributed by atoms with E-state index in [4.69, 9.17) is 4.74 Å². The molecule has 1 aromatic heterocycles. The molecule has 7 heteroatoms. The molecule has 2 aromatic rings. The lowest BCUT2D eigenvalue weighted by Crippen LogP contribution is -2.52. The van der Waals surface area contributed by atoms with Crippen molar-refractivity contribution in [2.75, 3.05) is 45.2 Å². The number of hydrogen-bond acceptors (Lipinski definition) is 4. The Labute approximate surface area is 148 Å². The van der Waals surface area contributed by atoms with Crippen LogP contribution in [0.4, 0.5) is 5.69 Å². The average Bonchev–Trinajstić information content (AvgIpc) is 3.08. The van der Waals surface area contributed by atoms with Crippen LogP contribution in [0.15, 0.2) is 41.7 Å². The van der Waals surface area contributed by atoms with Crippen molar-refractivity contribution < 1.29 is 4.74 Å². The van der Waals surface area contributed by atoms with Gasteiger partial charge in [-0.2, -0.15) is 5.10 Å². The fourth-order valence-electron chi connectivity index (χ4n) is 3.06. The Morgan fingerprint density at radius 3 is 2.72 bits per heavy atom. The van der Waals surface area contributed by atoms with Crippen molar-refractivity contribution in [3.63, 3.8) is 0 Å². The number of aromatic nitrogens is 2. The first-order chi connectivity index (χ1) is 12.2. The Morgan fingerprint density at radius 1 is 1.28 bits per heavy atom. The molecule has 7 nitrogen and oxygen atoms in total. The molecular formula is C18H26N6O. The molecule has 0 saturated carbocycles. The van der Waals surface area contributed by atoms with Gasteiger partial charge >= 0.3 is 0 Å². The summed E-state index contributed by atoms with van der Waals surface area (Å²) in [6.07, 6.45) is 3.89. The number of benzene rings is 1. The molecule has 1 aliphatic heterocycles. The first-order valence-corrected chi connectivity index (χ1v) is 8.51. The number of nitrogens with zero attached hydrogens (tertiary/aromatic N) is 5. The van der Waals surface area contributed by atoms with E-state index in [9.17, 15) is 0 Å². The zero-order chi connectivity index (χ0) is 17.6. The molecule has 25 heavy (non-hydrogen) atoms. The monoisotopic (exact) mass is 342 g/mol. The van der Waals surface area contributed by atoms with Crippen molar-refractivity contribution in [3.8, 4) is 5.75 Å². The molecule has 1 N–H and O–H groups in total. The molecule has 0 atom stereocenters. The maximum atomic E-state index is 5.33. The summed E-state index contributed by atoms with van der Waals surface area (Å²) in [6.45, 7) is 4.52. The highest BCUT2D eigenvalue weighted by atomic mass is 16.5. The predicted molar refractivity (Wildman–Crippen MR) is 100 cm³/mol. The van der Waals surface area contributed by atoms with Gasteiger partial charge in [-0.3, -0.25) is 9.67 Å². The van der Waals surface area contributed by atoms with Gasteiger partial charge < -0.3 is 19.9 Å². The summed E-state index contributed by atoms with van der Waals surface area (Å²) >= 11 is 0. The van der Waals surface area contributed by atoms with Crippen LogP contribution >= 0.6 is 0 Å². The Morgan fingerprint density at radius 2 is 2.08 bits per heavy atom. The molecule has 1 aliphatic rings. The number of hydrogen-bond donors (Lipinski definition) is 1. The van der Waals surface area contributed by atoms with Gasteiger partial charge in [-0.15, -0.1) is 0 Å². The van der Waals surface area contributed by atoms with Gasteiger partial charge in [-0.25, -0.2) is 0 Å². The molecule has 0 unspecified atom stereocenters. The molecule has 1 saturated heterocycles. The summed E-state index contributed by atoms with van der Waals surface area (Å²) in [7, 11) is 5.46. The quantitative estimate of drug-likeness (QED) is 0.671. The van der Waals surface area contributed by atoms with Crippen LogP contribution in [0.25, 0.3) is 0 Å². The highest BCUT2D eigenvalue weighted by molar-refractivity contribution is 5.80. The van der Waals surface area contributed by atoms with E-state index < -0.39 is 0 Å². The highest BCUT2D eigenvalue weighted by Gasteiger charge is 2.20. The SMILES string of the molecule is CN=C(NCc1cnn(C)c1)N1CCN(c2cccc(OC)c2)CC1. The minimum Gasteiger partial charge on any atom is -0.497 e. The molecule has 2 heterocycles. The number of guanidine groups is 1. The van der Waals surface area contributed by atoms with Crippen molar-refractivity contribution >= 4 is 11.6 Å². The third kappa shape index (κ3) is 4.23. The topological polar surface area (TPSA) is 57.9 Å². The van der Waals surface area contributed by atoms with E-state index in [2.05, 4.69) is 37.3 Å². The van der Waals surface area contributed by atoms with Gasteiger partial charge in [0.2, 0.25) is 0 Å². The zero-order valence-electron chi connectivity index (χ0n) is 15.1. The van der Waals surface area contributed by atoms with Crippen LogP contribution < -0.4 is 15.0 Å². The molecule has 0 spiro atoms. The van der Waals surface area contributed by atoms with E-state index in [1.54, 1.807) is 7.11 Å². The third-order valence-corrected chi connectivity index (χ3v) is 4.42. The number of rotatable bonds is 4. The van der Waals surface area contributed by atoms with E-state index in [-0.39, 0.29) is 0 Å². The second kappa shape index (κ2) is 7.92. The number of piperazine rings is 1. The standard InChI is InChI=1S/C18H26N6O/c1-19-18(20-12-15-13-21-22(2)14-15)24-9-7-23(8-10-24)16-5-4-6-17(11-16)25-3/h4-6,11,13-14H,7-10,12H2,1-3H3,(H,19,20). The summed E-state index contributed by atoms with van der Waals surface area (Å²) in [6, 6.07) is 8.23. The Hall–Kier alpha value is -2.70. The van der Waals surface area contributed by atoms with Gasteiger partial charge in [-0.05, 0) is 12.1 Å². The largest absolute Gasteiger partial charge is 0.497 e. The minimum absolute atomic E-state index is 0.733. The lowest BCUT2D eigenvalue weighted by molar-refractivity contribution is 0.372. The summed E-state index contributed by atoms with van der Waals surface area (Å²) in [5.74, 6) is 1.84. The van der Waals surface area contributed by atoms with Crippen molar-refractivity contribution in [1.82, 2.24) is 20.0 Å². The molecule has 0 radical (unpaired) electrons. The summed E-state index contributed by atoms with van der Waals surface area (Å²) < 4.78 is 7.14. The van der Waals surface area contributed by atoms with Crippen molar-refractivity contribution in [2.45, 2.75) is 6.54 Å². The van der Waals surface area contributed by atoms with Gasteiger partial charge in [0.15, 0.2) is 5.96 Å². The summed E-state index contributed by atoms with van der Waals surface area (Å²) in [5.41, 5.74) is 2.36. The fraction of sp³-hybridized carbons (Fsp3) is 0.444. The van der Waals surface area contributed by atoms with Crippen molar-refractivity contribution in [1.29, 1.82) is 0 Å². The Kier molecular flexibility index (Phi) is 5.42.